The van der Waals surface area contributed by atoms with E-state index >= 15 is 0 Å². The van der Waals surface area contributed by atoms with E-state index in [2.05, 4.69) is 24.2 Å². The molecule has 0 bridgehead atoms. The summed E-state index contributed by atoms with van der Waals surface area (Å²) in [6.07, 6.45) is 5.14. The minimum Gasteiger partial charge on any atom is -0.381 e. The number of hydrogen-bond acceptors (Lipinski definition) is 3. The van der Waals surface area contributed by atoms with Gasteiger partial charge in [0.15, 0.2) is 0 Å². The van der Waals surface area contributed by atoms with E-state index in [9.17, 15) is 0 Å². The van der Waals surface area contributed by atoms with E-state index in [-0.39, 0.29) is 0 Å². The summed E-state index contributed by atoms with van der Waals surface area (Å²) in [6, 6.07) is 0.645. The predicted octanol–water partition coefficient (Wildman–Crippen LogP) is 1.73. The van der Waals surface area contributed by atoms with Crippen molar-refractivity contribution in [2.45, 2.75) is 38.6 Å². The molecule has 3 heteroatoms. The Balaban J connectivity index is 2.03. The molecule has 0 aromatic rings. The smallest absolute Gasteiger partial charge is 0.0506 e. The van der Waals surface area contributed by atoms with Gasteiger partial charge in [0, 0.05) is 19.2 Å². The van der Waals surface area contributed by atoms with Crippen LogP contribution in [0.4, 0.5) is 0 Å². The van der Waals surface area contributed by atoms with E-state index in [1.165, 1.54) is 38.8 Å². The molecule has 2 unspecified atom stereocenters. The van der Waals surface area contributed by atoms with E-state index in [4.69, 9.17) is 4.74 Å². The zero-order valence-electron chi connectivity index (χ0n) is 11.2. The highest BCUT2D eigenvalue weighted by molar-refractivity contribution is 4.67. The fraction of sp³-hybridized carbons (Fsp3) is 1.00. The molecule has 0 aromatic heterocycles. The van der Waals surface area contributed by atoms with Crippen molar-refractivity contribution in [3.05, 3.63) is 0 Å². The molecule has 0 aromatic carbocycles. The van der Waals surface area contributed by atoms with Crippen molar-refractivity contribution >= 4 is 0 Å². The summed E-state index contributed by atoms with van der Waals surface area (Å²) in [6.45, 7) is 6.60. The maximum Gasteiger partial charge on any atom is 0.0506 e. The van der Waals surface area contributed by atoms with Crippen LogP contribution in [0.25, 0.3) is 0 Å². The van der Waals surface area contributed by atoms with Crippen LogP contribution in [-0.2, 0) is 4.74 Å². The third-order valence-corrected chi connectivity index (χ3v) is 3.49. The van der Waals surface area contributed by atoms with Crippen LogP contribution in [0.2, 0.25) is 0 Å². The van der Waals surface area contributed by atoms with Gasteiger partial charge in [-0.15, -0.1) is 0 Å². The maximum absolute atomic E-state index is 5.51. The van der Waals surface area contributed by atoms with Gasteiger partial charge in [-0.2, -0.15) is 0 Å². The first-order valence-electron chi connectivity index (χ1n) is 6.66. The molecule has 1 aliphatic rings. The van der Waals surface area contributed by atoms with Gasteiger partial charge in [0.2, 0.25) is 0 Å². The van der Waals surface area contributed by atoms with Crippen molar-refractivity contribution in [1.29, 1.82) is 0 Å². The number of hydrogen-bond donors (Lipinski definition) is 1. The van der Waals surface area contributed by atoms with E-state index in [0.29, 0.717) is 6.04 Å². The Labute approximate surface area is 101 Å². The summed E-state index contributed by atoms with van der Waals surface area (Å²) in [5.74, 6) is 0.764. The second kappa shape index (κ2) is 8.04. The molecular weight excluding hydrogens is 200 g/mol. The van der Waals surface area contributed by atoms with Crippen molar-refractivity contribution in [3.8, 4) is 0 Å². The lowest BCUT2D eigenvalue weighted by atomic mass is 10.0. The molecule has 2 atom stereocenters. The van der Waals surface area contributed by atoms with Gasteiger partial charge >= 0.3 is 0 Å². The fourth-order valence-corrected chi connectivity index (χ4v) is 2.30. The number of rotatable bonds is 7. The Bertz CT molecular complexity index is 169. The van der Waals surface area contributed by atoms with Gasteiger partial charge in [0.25, 0.3) is 0 Å². The van der Waals surface area contributed by atoms with Gasteiger partial charge in [-0.05, 0) is 59.2 Å². The van der Waals surface area contributed by atoms with Crippen LogP contribution in [0.5, 0.6) is 0 Å². The summed E-state index contributed by atoms with van der Waals surface area (Å²) >= 11 is 0. The van der Waals surface area contributed by atoms with Gasteiger partial charge in [-0.25, -0.2) is 0 Å². The van der Waals surface area contributed by atoms with Gasteiger partial charge < -0.3 is 15.0 Å². The highest BCUT2D eigenvalue weighted by Gasteiger charge is 2.15. The molecule has 0 saturated carbocycles. The Morgan fingerprint density at radius 3 is 2.94 bits per heavy atom. The highest BCUT2D eigenvalue weighted by atomic mass is 16.5. The molecule has 0 aliphatic carbocycles. The molecule has 0 spiro atoms. The van der Waals surface area contributed by atoms with Crippen LogP contribution in [0.1, 0.15) is 32.6 Å². The van der Waals surface area contributed by atoms with Gasteiger partial charge in [0.05, 0.1) is 6.61 Å². The fourth-order valence-electron chi connectivity index (χ4n) is 2.30. The average Bonchev–Trinajstić information content (AvgIpc) is 2.30. The molecule has 1 fully saturated rings. The third kappa shape index (κ3) is 5.83. The summed E-state index contributed by atoms with van der Waals surface area (Å²) in [4.78, 5) is 2.46. The largest absolute Gasteiger partial charge is 0.381 e. The molecule has 96 valence electrons. The summed E-state index contributed by atoms with van der Waals surface area (Å²) < 4.78 is 5.51. The molecule has 1 aliphatic heterocycles. The SMILES string of the molecule is CNC(C)CCCN(C)CC1CCCOC1. The van der Waals surface area contributed by atoms with Crippen LogP contribution in [-0.4, -0.2) is 51.3 Å². The molecule has 16 heavy (non-hydrogen) atoms. The number of ether oxygens (including phenoxy) is 1. The molecule has 3 nitrogen and oxygen atoms in total. The lowest BCUT2D eigenvalue weighted by Gasteiger charge is -2.27. The van der Waals surface area contributed by atoms with E-state index in [1.807, 2.05) is 7.05 Å². The monoisotopic (exact) mass is 228 g/mol. The standard InChI is InChI=1S/C13H28N2O/c1-12(14-2)6-4-8-15(3)10-13-7-5-9-16-11-13/h12-14H,4-11H2,1-3H3. The van der Waals surface area contributed by atoms with Crippen molar-refractivity contribution in [2.24, 2.45) is 5.92 Å². The minimum absolute atomic E-state index is 0.645. The maximum atomic E-state index is 5.51. The first-order chi connectivity index (χ1) is 7.72. The second-order valence-electron chi connectivity index (χ2n) is 5.18. The molecule has 1 rings (SSSR count). The summed E-state index contributed by atoms with van der Waals surface area (Å²) in [5.41, 5.74) is 0. The number of nitrogens with zero attached hydrogens (tertiary/aromatic N) is 1. The Hall–Kier alpha value is -0.120. The van der Waals surface area contributed by atoms with Crippen LogP contribution in [0, 0.1) is 5.92 Å². The van der Waals surface area contributed by atoms with Crippen molar-refractivity contribution in [1.82, 2.24) is 10.2 Å². The lowest BCUT2D eigenvalue weighted by molar-refractivity contribution is 0.0418. The Kier molecular flexibility index (Phi) is 7.01. The molecular formula is C13H28N2O. The zero-order chi connectivity index (χ0) is 11.8. The Morgan fingerprint density at radius 2 is 2.31 bits per heavy atom. The van der Waals surface area contributed by atoms with Crippen LogP contribution >= 0.6 is 0 Å². The lowest BCUT2D eigenvalue weighted by Crippen LogP contribution is -2.32. The summed E-state index contributed by atoms with van der Waals surface area (Å²) in [7, 11) is 4.27. The quantitative estimate of drug-likeness (QED) is 0.718. The van der Waals surface area contributed by atoms with Gasteiger partial charge in [-0.1, -0.05) is 0 Å². The van der Waals surface area contributed by atoms with E-state index in [0.717, 1.165) is 19.1 Å². The van der Waals surface area contributed by atoms with Crippen LogP contribution < -0.4 is 5.32 Å². The third-order valence-electron chi connectivity index (χ3n) is 3.49. The van der Waals surface area contributed by atoms with Crippen LogP contribution in [0.3, 0.4) is 0 Å². The van der Waals surface area contributed by atoms with E-state index in [1.54, 1.807) is 0 Å². The van der Waals surface area contributed by atoms with Crippen molar-refractivity contribution in [3.63, 3.8) is 0 Å². The molecule has 1 saturated heterocycles. The highest BCUT2D eigenvalue weighted by Crippen LogP contribution is 2.14. The first kappa shape index (κ1) is 13.9. The molecule has 0 radical (unpaired) electrons. The van der Waals surface area contributed by atoms with Crippen molar-refractivity contribution < 1.29 is 4.74 Å². The Morgan fingerprint density at radius 1 is 1.50 bits per heavy atom. The number of nitrogens with one attached hydrogen (secondary N) is 1. The van der Waals surface area contributed by atoms with E-state index < -0.39 is 0 Å². The molecule has 1 N–H and O–H groups in total. The first-order valence-corrected chi connectivity index (χ1v) is 6.66. The van der Waals surface area contributed by atoms with Gasteiger partial charge in [-0.3, -0.25) is 0 Å². The van der Waals surface area contributed by atoms with Crippen molar-refractivity contribution in [2.75, 3.05) is 40.4 Å². The zero-order valence-corrected chi connectivity index (χ0v) is 11.2. The minimum atomic E-state index is 0.645. The van der Waals surface area contributed by atoms with Gasteiger partial charge in [0.1, 0.15) is 0 Å². The second-order valence-corrected chi connectivity index (χ2v) is 5.18. The van der Waals surface area contributed by atoms with Crippen LogP contribution in [0.15, 0.2) is 0 Å². The predicted molar refractivity (Wildman–Crippen MR) is 68.8 cm³/mol. The normalized spacial score (nSPS) is 23.6. The average molecular weight is 228 g/mol. The summed E-state index contributed by atoms with van der Waals surface area (Å²) in [5, 5.41) is 3.28. The topological polar surface area (TPSA) is 24.5 Å². The molecule has 0 amide bonds. The molecule has 1 heterocycles.